The molecular formula is C25H36N6S. The molecule has 1 aliphatic heterocycles. The van der Waals surface area contributed by atoms with Crippen molar-refractivity contribution in [2.45, 2.75) is 32.9 Å². The Balaban J connectivity index is 3.06. The molecular weight excluding hydrogens is 416 g/mol. The predicted molar refractivity (Wildman–Crippen MR) is 144 cm³/mol. The summed E-state index contributed by atoms with van der Waals surface area (Å²) in [5, 5.41) is 15.0. The van der Waals surface area contributed by atoms with Gasteiger partial charge in [0.2, 0.25) is 0 Å². The van der Waals surface area contributed by atoms with E-state index in [1.165, 1.54) is 11.8 Å². The van der Waals surface area contributed by atoms with Crippen LogP contribution in [0.5, 0.6) is 0 Å². The van der Waals surface area contributed by atoms with Gasteiger partial charge in [0.15, 0.2) is 0 Å². The van der Waals surface area contributed by atoms with E-state index in [-0.39, 0.29) is 12.1 Å². The molecule has 172 valence electrons. The van der Waals surface area contributed by atoms with Gasteiger partial charge in [-0.2, -0.15) is 5.10 Å². The summed E-state index contributed by atoms with van der Waals surface area (Å²) in [6.07, 6.45) is 16.8. The first-order chi connectivity index (χ1) is 15.4. The summed E-state index contributed by atoms with van der Waals surface area (Å²) in [5.41, 5.74) is 1.82. The third kappa shape index (κ3) is 10.8. The molecule has 0 aromatic carbocycles. The maximum Gasteiger partial charge on any atom is 0.139 e. The van der Waals surface area contributed by atoms with Crippen molar-refractivity contribution in [2.75, 3.05) is 13.6 Å². The van der Waals surface area contributed by atoms with Crippen molar-refractivity contribution >= 4 is 30.5 Å². The fourth-order valence-corrected chi connectivity index (χ4v) is 3.13. The average molecular weight is 453 g/mol. The zero-order chi connectivity index (χ0) is 23.8. The van der Waals surface area contributed by atoms with Crippen LogP contribution in [0.4, 0.5) is 0 Å². The van der Waals surface area contributed by atoms with E-state index in [2.05, 4.69) is 60.2 Å². The number of nitrogens with zero attached hydrogens (tertiary/aromatic N) is 4. The summed E-state index contributed by atoms with van der Waals surface area (Å²) in [7, 11) is 1.96. The summed E-state index contributed by atoms with van der Waals surface area (Å²) in [6.45, 7) is 20.4. The van der Waals surface area contributed by atoms with E-state index in [4.69, 9.17) is 4.99 Å². The largest absolute Gasteiger partial charge is 0.367 e. The summed E-state index contributed by atoms with van der Waals surface area (Å²) in [5.74, 6) is 0.610. The zero-order valence-corrected chi connectivity index (χ0v) is 20.3. The molecule has 0 aromatic heterocycles. The molecule has 1 rings (SSSR count). The van der Waals surface area contributed by atoms with Crippen LogP contribution in [0, 0.1) is 5.92 Å². The van der Waals surface area contributed by atoms with Crippen LogP contribution in [0.1, 0.15) is 26.7 Å². The average Bonchev–Trinajstić information content (AvgIpc) is 2.94. The van der Waals surface area contributed by atoms with Gasteiger partial charge < -0.3 is 15.6 Å². The van der Waals surface area contributed by atoms with E-state index < -0.39 is 0 Å². The molecule has 6 nitrogen and oxygen atoms in total. The topological polar surface area (TPSA) is 64.4 Å². The maximum absolute atomic E-state index is 4.88. The molecule has 1 aliphatic rings. The van der Waals surface area contributed by atoms with Gasteiger partial charge in [-0.1, -0.05) is 68.3 Å². The highest BCUT2D eigenvalue weighted by atomic mass is 32.2. The number of nitrogens with one attached hydrogen (secondary N) is 2. The Labute approximate surface area is 197 Å². The molecule has 0 bridgehead atoms. The van der Waals surface area contributed by atoms with Gasteiger partial charge in [0, 0.05) is 36.6 Å². The lowest BCUT2D eigenvalue weighted by Gasteiger charge is -2.18. The first-order valence-corrected chi connectivity index (χ1v) is 11.4. The maximum atomic E-state index is 4.88. The number of aliphatic imine (C=N–C) groups is 2. The van der Waals surface area contributed by atoms with Gasteiger partial charge in [-0.3, -0.25) is 4.99 Å². The number of thioether (sulfide) groups is 1. The molecule has 0 saturated carbocycles. The van der Waals surface area contributed by atoms with Gasteiger partial charge in [-0.05, 0) is 44.2 Å². The second-order valence-electron chi connectivity index (χ2n) is 7.16. The Morgan fingerprint density at radius 2 is 2.19 bits per heavy atom. The molecule has 7 heteroatoms. The summed E-state index contributed by atoms with van der Waals surface area (Å²) in [4.78, 5) is 9.48. The van der Waals surface area contributed by atoms with Crippen LogP contribution in [0.2, 0.25) is 0 Å². The first kappa shape index (κ1) is 27.0. The van der Waals surface area contributed by atoms with Crippen LogP contribution in [0.15, 0.2) is 99.2 Å². The van der Waals surface area contributed by atoms with Crippen LogP contribution < -0.4 is 10.6 Å². The van der Waals surface area contributed by atoms with Crippen LogP contribution in [0.3, 0.4) is 0 Å². The second-order valence-corrected chi connectivity index (χ2v) is 8.16. The smallest absolute Gasteiger partial charge is 0.139 e. The molecule has 32 heavy (non-hydrogen) atoms. The molecule has 1 heterocycles. The number of allylic oxidation sites excluding steroid dienone is 4. The minimum atomic E-state index is -0.223. The number of hydrazone groups is 1. The lowest BCUT2D eigenvalue weighted by atomic mass is 10.1. The zero-order valence-electron chi connectivity index (χ0n) is 19.5. The fraction of sp³-hybridized carbons (Fsp3) is 0.320. The fourth-order valence-electron chi connectivity index (χ4n) is 2.59. The Bertz CT molecular complexity index is 831. The monoisotopic (exact) mass is 452 g/mol. The van der Waals surface area contributed by atoms with Gasteiger partial charge in [-0.25, -0.2) is 4.99 Å². The van der Waals surface area contributed by atoms with E-state index in [1.807, 2.05) is 55.0 Å². The molecule has 0 amide bonds. The van der Waals surface area contributed by atoms with Crippen molar-refractivity contribution in [1.82, 2.24) is 15.6 Å². The van der Waals surface area contributed by atoms with Crippen LogP contribution >= 0.6 is 11.8 Å². The quantitative estimate of drug-likeness (QED) is 0.171. The van der Waals surface area contributed by atoms with Crippen molar-refractivity contribution in [2.24, 2.45) is 21.0 Å². The highest BCUT2D eigenvalue weighted by Gasteiger charge is 2.18. The molecule has 0 aromatic rings. The molecule has 2 atom stereocenters. The Morgan fingerprint density at radius 3 is 2.88 bits per heavy atom. The molecule has 2 N–H and O–H groups in total. The third-order valence-electron chi connectivity index (χ3n) is 4.25. The van der Waals surface area contributed by atoms with E-state index in [0.717, 1.165) is 35.7 Å². The van der Waals surface area contributed by atoms with E-state index in [9.17, 15) is 0 Å². The Morgan fingerprint density at radius 1 is 1.41 bits per heavy atom. The molecule has 0 saturated heterocycles. The standard InChI is InChI=1S/C25H36N6S/c1-8-10-17-32-22(5)21(4)29-25-23(19-28-31(7)16-9-2)14-15-27-24(30-25)13-11-12-20(3)18-26-6/h8,10-11,13-15,17-19,23-24,27H,1,4-6,9,12,16H2,2-3,7H3,(H,29,30)/b13-11-,17-10-,20-18-,28-19-. The highest BCUT2D eigenvalue weighted by molar-refractivity contribution is 8.06. The van der Waals surface area contributed by atoms with Gasteiger partial charge in [-0.15, -0.1) is 0 Å². The molecule has 0 fully saturated rings. The van der Waals surface area contributed by atoms with Crippen LogP contribution in [-0.2, 0) is 0 Å². The molecule has 2 unspecified atom stereocenters. The number of hydrogen-bond donors (Lipinski definition) is 2. The summed E-state index contributed by atoms with van der Waals surface area (Å²) in [6, 6.07) is 0. The SMILES string of the molecule is C=C/C=C\SC(=C)C(=C)NC1=NC(/C=C\C/C(C)=C\N=C)NC=CC1/C=N\N(C)CCC. The summed E-state index contributed by atoms with van der Waals surface area (Å²) >= 11 is 1.48. The van der Waals surface area contributed by atoms with Crippen molar-refractivity contribution in [3.8, 4) is 0 Å². The minimum Gasteiger partial charge on any atom is -0.367 e. The number of rotatable bonds is 13. The van der Waals surface area contributed by atoms with Crippen molar-refractivity contribution in [3.63, 3.8) is 0 Å². The second kappa shape index (κ2) is 15.7. The lowest BCUT2D eigenvalue weighted by Crippen LogP contribution is -2.32. The predicted octanol–water partition coefficient (Wildman–Crippen LogP) is 5.37. The van der Waals surface area contributed by atoms with Crippen molar-refractivity contribution in [1.29, 1.82) is 0 Å². The lowest BCUT2D eigenvalue weighted by molar-refractivity contribution is 0.355. The molecule has 0 aliphatic carbocycles. The minimum absolute atomic E-state index is 0.134. The normalized spacial score (nSPS) is 19.0. The van der Waals surface area contributed by atoms with Crippen LogP contribution in [0.25, 0.3) is 0 Å². The number of amidine groups is 1. The van der Waals surface area contributed by atoms with E-state index in [1.54, 1.807) is 12.3 Å². The molecule has 0 radical (unpaired) electrons. The van der Waals surface area contributed by atoms with Crippen LogP contribution in [-0.4, -0.2) is 43.5 Å². The van der Waals surface area contributed by atoms with Gasteiger partial charge >= 0.3 is 0 Å². The molecule has 0 spiro atoms. The summed E-state index contributed by atoms with van der Waals surface area (Å²) < 4.78 is 0. The van der Waals surface area contributed by atoms with E-state index >= 15 is 0 Å². The van der Waals surface area contributed by atoms with Gasteiger partial charge in [0.1, 0.15) is 12.0 Å². The number of hydrogen-bond acceptors (Lipinski definition) is 7. The van der Waals surface area contributed by atoms with Crippen molar-refractivity contribution < 1.29 is 0 Å². The van der Waals surface area contributed by atoms with E-state index in [0.29, 0.717) is 5.70 Å². The van der Waals surface area contributed by atoms with Crippen molar-refractivity contribution in [3.05, 3.63) is 84.1 Å². The Kier molecular flexibility index (Phi) is 13.2. The highest BCUT2D eigenvalue weighted by Crippen LogP contribution is 2.21. The Hall–Kier alpha value is -3.06. The van der Waals surface area contributed by atoms with Gasteiger partial charge in [0.05, 0.1) is 5.92 Å². The third-order valence-corrected chi connectivity index (χ3v) is 5.07. The first-order valence-electron chi connectivity index (χ1n) is 10.5. The van der Waals surface area contributed by atoms with Gasteiger partial charge in [0.25, 0.3) is 0 Å².